The molecule has 6 N–H and O–H groups in total. The minimum Gasteiger partial charge on any atom is -0.394 e. The van der Waals surface area contributed by atoms with Crippen LogP contribution in [0.15, 0.2) is 36.5 Å². The van der Waals surface area contributed by atoms with Crippen LogP contribution in [0.25, 0.3) is 0 Å². The number of carbonyl (C=O) groups excluding carboxylic acids is 1. The van der Waals surface area contributed by atoms with E-state index in [9.17, 15) is 30.3 Å². The largest absolute Gasteiger partial charge is 0.394 e. The molecule has 0 aromatic carbocycles. The Balaban J connectivity index is 2.25. The van der Waals surface area contributed by atoms with E-state index in [2.05, 4.69) is 55.6 Å². The molecular formula is C45H83NO8. The fourth-order valence-corrected chi connectivity index (χ4v) is 6.87. The second-order valence-corrected chi connectivity index (χ2v) is 15.5. The molecule has 0 radical (unpaired) electrons. The standard InChI is InChI=1S/C45H83NO8/c1-3-5-7-9-11-13-14-15-16-17-18-19-20-21-22-23-24-25-26-27-29-31-33-35-41(49)46-38(39(48)34-32-30-28-12-10-8-6-4-2)37-53-45-44(52)43(51)42(50)40(36-47)54-45/h14-15,17-18,20-21,38-40,42-45,47-48,50-52H,3-13,16,19,22-37H2,1-2H3,(H,46,49)/b15-14-,18-17-,21-20-. The molecule has 9 heteroatoms. The van der Waals surface area contributed by atoms with E-state index >= 15 is 0 Å². The van der Waals surface area contributed by atoms with Gasteiger partial charge in [0.15, 0.2) is 6.29 Å². The van der Waals surface area contributed by atoms with Crippen LogP contribution in [0.4, 0.5) is 0 Å². The van der Waals surface area contributed by atoms with Gasteiger partial charge in [-0.1, -0.05) is 166 Å². The van der Waals surface area contributed by atoms with Gasteiger partial charge in [0, 0.05) is 6.42 Å². The Morgan fingerprint density at radius 2 is 1.09 bits per heavy atom. The highest BCUT2D eigenvalue weighted by atomic mass is 16.7. The van der Waals surface area contributed by atoms with E-state index in [-0.39, 0.29) is 12.5 Å². The van der Waals surface area contributed by atoms with Crippen LogP contribution in [0.5, 0.6) is 0 Å². The third-order valence-electron chi connectivity index (χ3n) is 10.5. The van der Waals surface area contributed by atoms with Crippen molar-refractivity contribution in [3.8, 4) is 0 Å². The lowest BCUT2D eigenvalue weighted by molar-refractivity contribution is -0.302. The molecule has 1 amide bonds. The number of allylic oxidation sites excluding steroid dienone is 6. The quantitative estimate of drug-likeness (QED) is 0.0274. The summed E-state index contributed by atoms with van der Waals surface area (Å²) in [6.45, 7) is 3.77. The number of ether oxygens (including phenoxy) is 2. The van der Waals surface area contributed by atoms with Crippen LogP contribution in [-0.4, -0.2) is 87.5 Å². The van der Waals surface area contributed by atoms with Crippen molar-refractivity contribution in [3.63, 3.8) is 0 Å². The van der Waals surface area contributed by atoms with Crippen molar-refractivity contribution in [2.45, 2.75) is 230 Å². The number of nitrogens with one attached hydrogen (secondary N) is 1. The van der Waals surface area contributed by atoms with Crippen LogP contribution in [-0.2, 0) is 14.3 Å². The number of aliphatic hydroxyl groups excluding tert-OH is 5. The number of amides is 1. The lowest BCUT2D eigenvalue weighted by atomic mass is 9.99. The highest BCUT2D eigenvalue weighted by molar-refractivity contribution is 5.76. The highest BCUT2D eigenvalue weighted by Gasteiger charge is 2.44. The van der Waals surface area contributed by atoms with Crippen LogP contribution in [0, 0.1) is 0 Å². The maximum absolute atomic E-state index is 12.9. The van der Waals surface area contributed by atoms with Crippen LogP contribution in [0.1, 0.15) is 187 Å². The minimum atomic E-state index is -1.55. The number of rotatable bonds is 36. The first-order valence-electron chi connectivity index (χ1n) is 22.2. The molecule has 7 unspecified atom stereocenters. The second kappa shape index (κ2) is 35.8. The average Bonchev–Trinajstić information content (AvgIpc) is 3.17. The SMILES string of the molecule is CCCCCCC/C=C\C/C=C\C/C=C\CCCCCCCCCCC(=O)NC(COC1OC(CO)C(O)C(O)C1O)C(O)CCCCCCCCCC. The smallest absolute Gasteiger partial charge is 0.220 e. The molecule has 9 nitrogen and oxygen atoms in total. The number of aliphatic hydroxyl groups is 5. The topological polar surface area (TPSA) is 149 Å². The van der Waals surface area contributed by atoms with Crippen LogP contribution in [0.2, 0.25) is 0 Å². The molecule has 0 aromatic rings. The third kappa shape index (κ3) is 26.3. The zero-order valence-corrected chi connectivity index (χ0v) is 34.5. The molecule has 0 saturated carbocycles. The predicted octanol–water partition coefficient (Wildman–Crippen LogP) is 8.89. The van der Waals surface area contributed by atoms with Crippen molar-refractivity contribution >= 4 is 5.91 Å². The van der Waals surface area contributed by atoms with Crippen molar-refractivity contribution < 1.29 is 39.8 Å². The zero-order chi connectivity index (χ0) is 39.5. The van der Waals surface area contributed by atoms with E-state index in [0.29, 0.717) is 12.8 Å². The molecule has 7 atom stereocenters. The summed E-state index contributed by atoms with van der Waals surface area (Å²) >= 11 is 0. The number of hydrogen-bond acceptors (Lipinski definition) is 8. The number of unbranched alkanes of at least 4 members (excludes halogenated alkanes) is 20. The van der Waals surface area contributed by atoms with Crippen LogP contribution >= 0.6 is 0 Å². The van der Waals surface area contributed by atoms with E-state index in [1.54, 1.807) is 0 Å². The van der Waals surface area contributed by atoms with Crippen molar-refractivity contribution in [2.75, 3.05) is 13.2 Å². The van der Waals surface area contributed by atoms with E-state index in [1.807, 2.05) is 0 Å². The maximum atomic E-state index is 12.9. The van der Waals surface area contributed by atoms with E-state index in [0.717, 1.165) is 57.8 Å². The van der Waals surface area contributed by atoms with E-state index in [4.69, 9.17) is 9.47 Å². The summed E-state index contributed by atoms with van der Waals surface area (Å²) in [5.74, 6) is -0.156. The molecule has 0 aliphatic carbocycles. The van der Waals surface area contributed by atoms with Crippen molar-refractivity contribution in [1.82, 2.24) is 5.32 Å². The van der Waals surface area contributed by atoms with Crippen molar-refractivity contribution in [3.05, 3.63) is 36.5 Å². The van der Waals surface area contributed by atoms with Gasteiger partial charge in [0.2, 0.25) is 5.91 Å². The molecule has 1 saturated heterocycles. The molecule has 1 aliphatic rings. The third-order valence-corrected chi connectivity index (χ3v) is 10.5. The number of hydrogen-bond donors (Lipinski definition) is 6. The molecule has 1 rings (SSSR count). The molecule has 0 spiro atoms. The molecule has 0 aromatic heterocycles. The van der Waals surface area contributed by atoms with Gasteiger partial charge < -0.3 is 40.3 Å². The maximum Gasteiger partial charge on any atom is 0.220 e. The van der Waals surface area contributed by atoms with E-state index < -0.39 is 49.5 Å². The van der Waals surface area contributed by atoms with Crippen LogP contribution < -0.4 is 5.32 Å². The first kappa shape index (κ1) is 50.4. The molecular weight excluding hydrogens is 682 g/mol. The first-order valence-corrected chi connectivity index (χ1v) is 22.2. The minimum absolute atomic E-state index is 0.142. The molecule has 1 fully saturated rings. The zero-order valence-electron chi connectivity index (χ0n) is 34.5. The van der Waals surface area contributed by atoms with Gasteiger partial charge in [0.05, 0.1) is 25.4 Å². The van der Waals surface area contributed by atoms with Crippen molar-refractivity contribution in [2.24, 2.45) is 0 Å². The molecule has 1 heterocycles. The predicted molar refractivity (Wildman–Crippen MR) is 221 cm³/mol. The molecule has 1 aliphatic heterocycles. The van der Waals surface area contributed by atoms with Gasteiger partial charge in [0.1, 0.15) is 24.4 Å². The highest BCUT2D eigenvalue weighted by Crippen LogP contribution is 2.23. The Morgan fingerprint density at radius 3 is 1.61 bits per heavy atom. The molecule has 0 bridgehead atoms. The summed E-state index contributed by atoms with van der Waals surface area (Å²) in [4.78, 5) is 12.9. The summed E-state index contributed by atoms with van der Waals surface area (Å²) in [5.41, 5.74) is 0. The first-order chi connectivity index (χ1) is 26.3. The Bertz CT molecular complexity index is 941. The Labute approximate surface area is 330 Å². The monoisotopic (exact) mass is 766 g/mol. The summed E-state index contributed by atoms with van der Waals surface area (Å²) in [7, 11) is 0. The molecule has 54 heavy (non-hydrogen) atoms. The van der Waals surface area contributed by atoms with Crippen LogP contribution in [0.3, 0.4) is 0 Å². The van der Waals surface area contributed by atoms with E-state index in [1.165, 1.54) is 103 Å². The lowest BCUT2D eigenvalue weighted by Crippen LogP contribution is -2.60. The summed E-state index contributed by atoms with van der Waals surface area (Å²) in [5, 5.41) is 54.1. The lowest BCUT2D eigenvalue weighted by Gasteiger charge is -2.40. The Kier molecular flexibility index (Phi) is 33.4. The fraction of sp³-hybridized carbons (Fsp3) is 0.844. The van der Waals surface area contributed by atoms with Gasteiger partial charge >= 0.3 is 0 Å². The summed E-state index contributed by atoms with van der Waals surface area (Å²) in [6, 6.07) is -0.720. The number of carbonyl (C=O) groups is 1. The average molecular weight is 766 g/mol. The van der Waals surface area contributed by atoms with Gasteiger partial charge in [-0.3, -0.25) is 4.79 Å². The molecule has 316 valence electrons. The summed E-state index contributed by atoms with van der Waals surface area (Å²) in [6.07, 6.45) is 35.9. The Morgan fingerprint density at radius 1 is 0.630 bits per heavy atom. The Hall–Kier alpha value is -1.59. The van der Waals surface area contributed by atoms with Gasteiger partial charge in [-0.15, -0.1) is 0 Å². The fourth-order valence-electron chi connectivity index (χ4n) is 6.87. The van der Waals surface area contributed by atoms with Gasteiger partial charge in [0.25, 0.3) is 0 Å². The second-order valence-electron chi connectivity index (χ2n) is 15.5. The van der Waals surface area contributed by atoms with Gasteiger partial charge in [-0.05, 0) is 51.4 Å². The van der Waals surface area contributed by atoms with Crippen molar-refractivity contribution in [1.29, 1.82) is 0 Å². The van der Waals surface area contributed by atoms with Gasteiger partial charge in [-0.2, -0.15) is 0 Å². The summed E-state index contributed by atoms with van der Waals surface area (Å²) < 4.78 is 11.2. The van der Waals surface area contributed by atoms with Gasteiger partial charge in [-0.25, -0.2) is 0 Å². The normalized spacial score (nSPS) is 21.8.